The van der Waals surface area contributed by atoms with Crippen molar-refractivity contribution in [3.63, 3.8) is 0 Å². The van der Waals surface area contributed by atoms with Gasteiger partial charge in [-0.25, -0.2) is 4.39 Å². The van der Waals surface area contributed by atoms with Crippen LogP contribution in [-0.4, -0.2) is 36.5 Å². The number of hydrogen-bond acceptors (Lipinski definition) is 2. The van der Waals surface area contributed by atoms with Gasteiger partial charge < -0.3 is 5.32 Å². The average Bonchev–Trinajstić information content (AvgIpc) is 3.15. The molecule has 5 rings (SSSR count). The number of nitrogens with one attached hydrogen (secondary N) is 1. The second-order valence-corrected chi connectivity index (χ2v) is 10.1. The second kappa shape index (κ2) is 8.99. The van der Waals surface area contributed by atoms with E-state index in [0.29, 0.717) is 6.54 Å². The molecule has 0 radical (unpaired) electrons. The van der Waals surface area contributed by atoms with E-state index in [-0.39, 0.29) is 29.6 Å². The first-order valence-electron chi connectivity index (χ1n) is 12.2. The SMILES string of the molecule is O=C1NC[C@H](c2ccc(F)cc2)C12CCN(C1CCCCC1c1ccc(C(F)(F)F)cc1)CC2. The van der Waals surface area contributed by atoms with Crippen molar-refractivity contribution in [3.8, 4) is 0 Å². The highest BCUT2D eigenvalue weighted by atomic mass is 19.4. The van der Waals surface area contributed by atoms with Crippen LogP contribution in [0, 0.1) is 11.2 Å². The number of carbonyl (C=O) groups is 1. The molecule has 2 aliphatic heterocycles. The van der Waals surface area contributed by atoms with Crippen molar-refractivity contribution in [3.05, 3.63) is 71.0 Å². The summed E-state index contributed by atoms with van der Waals surface area (Å²) in [5.41, 5.74) is 0.879. The first-order valence-corrected chi connectivity index (χ1v) is 12.2. The number of halogens is 4. The topological polar surface area (TPSA) is 32.3 Å². The minimum atomic E-state index is -4.32. The van der Waals surface area contributed by atoms with Gasteiger partial charge in [0.2, 0.25) is 5.91 Å². The Bertz CT molecular complexity index is 1010. The maximum absolute atomic E-state index is 13.5. The van der Waals surface area contributed by atoms with E-state index in [1.165, 1.54) is 24.3 Å². The molecule has 3 atom stereocenters. The lowest BCUT2D eigenvalue weighted by molar-refractivity contribution is -0.137. The fourth-order valence-electron chi connectivity index (χ4n) is 6.54. The Labute approximate surface area is 197 Å². The largest absolute Gasteiger partial charge is 0.416 e. The normalized spacial score (nSPS) is 27.6. The fraction of sp³-hybridized carbons (Fsp3) is 0.519. The van der Waals surface area contributed by atoms with Crippen LogP contribution < -0.4 is 5.32 Å². The molecule has 1 spiro atoms. The van der Waals surface area contributed by atoms with Crippen LogP contribution in [0.2, 0.25) is 0 Å². The molecule has 2 aromatic carbocycles. The Kier molecular flexibility index (Phi) is 6.17. The van der Waals surface area contributed by atoms with Gasteiger partial charge in [-0.1, -0.05) is 37.1 Å². The number of piperidine rings is 1. The van der Waals surface area contributed by atoms with Gasteiger partial charge >= 0.3 is 6.18 Å². The minimum absolute atomic E-state index is 0.0276. The summed E-state index contributed by atoms with van der Waals surface area (Å²) in [5.74, 6) is 0.0381. The van der Waals surface area contributed by atoms with Crippen LogP contribution in [0.25, 0.3) is 0 Å². The van der Waals surface area contributed by atoms with Gasteiger partial charge in [-0.3, -0.25) is 9.69 Å². The van der Waals surface area contributed by atoms with E-state index < -0.39 is 17.2 Å². The highest BCUT2D eigenvalue weighted by Crippen LogP contribution is 2.49. The van der Waals surface area contributed by atoms with Crippen LogP contribution in [0.1, 0.15) is 67.1 Å². The van der Waals surface area contributed by atoms with E-state index in [1.54, 1.807) is 24.3 Å². The maximum Gasteiger partial charge on any atom is 0.416 e. The third kappa shape index (κ3) is 4.23. The van der Waals surface area contributed by atoms with Crippen molar-refractivity contribution in [2.45, 2.75) is 62.6 Å². The van der Waals surface area contributed by atoms with Crippen molar-refractivity contribution in [2.75, 3.05) is 19.6 Å². The van der Waals surface area contributed by atoms with Gasteiger partial charge in [0.15, 0.2) is 0 Å². The van der Waals surface area contributed by atoms with E-state index in [1.807, 2.05) is 0 Å². The lowest BCUT2D eigenvalue weighted by Crippen LogP contribution is -2.51. The Morgan fingerprint density at radius 3 is 2.15 bits per heavy atom. The number of nitrogens with zero attached hydrogens (tertiary/aromatic N) is 1. The van der Waals surface area contributed by atoms with Crippen molar-refractivity contribution < 1.29 is 22.4 Å². The van der Waals surface area contributed by atoms with Gasteiger partial charge in [0.1, 0.15) is 5.82 Å². The highest BCUT2D eigenvalue weighted by molar-refractivity contribution is 5.86. The summed E-state index contributed by atoms with van der Waals surface area (Å²) in [5, 5.41) is 3.05. The van der Waals surface area contributed by atoms with Gasteiger partial charge in [-0.2, -0.15) is 13.2 Å². The Morgan fingerprint density at radius 1 is 0.882 bits per heavy atom. The van der Waals surface area contributed by atoms with E-state index in [2.05, 4.69) is 10.2 Å². The number of hydrogen-bond donors (Lipinski definition) is 1. The number of carbonyl (C=O) groups excluding carboxylic acids is 1. The molecule has 3 aliphatic rings. The molecule has 34 heavy (non-hydrogen) atoms. The summed E-state index contributed by atoms with van der Waals surface area (Å²) in [4.78, 5) is 15.4. The molecule has 2 aromatic rings. The summed E-state index contributed by atoms with van der Waals surface area (Å²) in [6.07, 6.45) is 1.32. The minimum Gasteiger partial charge on any atom is -0.355 e. The molecule has 2 heterocycles. The molecular formula is C27H30F4N2O. The molecule has 0 aromatic heterocycles. The van der Waals surface area contributed by atoms with Gasteiger partial charge in [-0.05, 0) is 80.1 Å². The first kappa shape index (κ1) is 23.3. The van der Waals surface area contributed by atoms with Crippen LogP contribution in [0.4, 0.5) is 17.6 Å². The van der Waals surface area contributed by atoms with Crippen molar-refractivity contribution in [2.24, 2.45) is 5.41 Å². The van der Waals surface area contributed by atoms with E-state index >= 15 is 0 Å². The Morgan fingerprint density at radius 2 is 1.50 bits per heavy atom. The van der Waals surface area contributed by atoms with Crippen LogP contribution in [0.3, 0.4) is 0 Å². The molecule has 1 saturated carbocycles. The van der Waals surface area contributed by atoms with Crippen molar-refractivity contribution in [1.29, 1.82) is 0 Å². The number of benzene rings is 2. The quantitative estimate of drug-likeness (QED) is 0.565. The Hall–Kier alpha value is -2.41. The van der Waals surface area contributed by atoms with E-state index in [4.69, 9.17) is 0 Å². The summed E-state index contributed by atoms with van der Waals surface area (Å²) < 4.78 is 52.5. The molecule has 1 aliphatic carbocycles. The fourth-order valence-corrected chi connectivity index (χ4v) is 6.54. The summed E-state index contributed by atoms with van der Waals surface area (Å²) in [7, 11) is 0. The summed E-state index contributed by atoms with van der Waals surface area (Å²) in [6, 6.07) is 12.4. The van der Waals surface area contributed by atoms with Gasteiger partial charge in [0, 0.05) is 18.5 Å². The third-order valence-electron chi connectivity index (χ3n) is 8.41. The number of likely N-dealkylation sites (tertiary alicyclic amines) is 1. The number of alkyl halides is 3. The lowest BCUT2D eigenvalue weighted by Gasteiger charge is -2.47. The van der Waals surface area contributed by atoms with Crippen molar-refractivity contribution in [1.82, 2.24) is 10.2 Å². The molecule has 1 N–H and O–H groups in total. The molecule has 2 unspecified atom stereocenters. The molecular weight excluding hydrogens is 444 g/mol. The lowest BCUT2D eigenvalue weighted by atomic mass is 9.67. The predicted molar refractivity (Wildman–Crippen MR) is 122 cm³/mol. The van der Waals surface area contributed by atoms with Crippen LogP contribution in [0.5, 0.6) is 0 Å². The maximum atomic E-state index is 13.5. The molecule has 0 bridgehead atoms. The summed E-state index contributed by atoms with van der Waals surface area (Å²) >= 11 is 0. The molecule has 3 nitrogen and oxygen atoms in total. The zero-order valence-electron chi connectivity index (χ0n) is 19.1. The summed E-state index contributed by atoms with van der Waals surface area (Å²) in [6.45, 7) is 2.14. The molecule has 3 fully saturated rings. The Balaban J connectivity index is 1.32. The zero-order chi connectivity index (χ0) is 23.9. The third-order valence-corrected chi connectivity index (χ3v) is 8.41. The molecule has 7 heteroatoms. The predicted octanol–water partition coefficient (Wildman–Crippen LogP) is 5.87. The zero-order valence-corrected chi connectivity index (χ0v) is 19.1. The van der Waals surface area contributed by atoms with E-state index in [9.17, 15) is 22.4 Å². The molecule has 182 valence electrons. The number of rotatable bonds is 3. The van der Waals surface area contributed by atoms with Crippen LogP contribution in [0.15, 0.2) is 48.5 Å². The van der Waals surface area contributed by atoms with E-state index in [0.717, 1.165) is 62.7 Å². The first-order chi connectivity index (χ1) is 16.3. The molecule has 2 saturated heterocycles. The van der Waals surface area contributed by atoms with Crippen LogP contribution in [-0.2, 0) is 11.0 Å². The number of amides is 1. The van der Waals surface area contributed by atoms with Crippen LogP contribution >= 0.6 is 0 Å². The monoisotopic (exact) mass is 474 g/mol. The highest BCUT2D eigenvalue weighted by Gasteiger charge is 2.52. The van der Waals surface area contributed by atoms with Crippen molar-refractivity contribution >= 4 is 5.91 Å². The van der Waals surface area contributed by atoms with Gasteiger partial charge in [-0.15, -0.1) is 0 Å². The average molecular weight is 475 g/mol. The second-order valence-electron chi connectivity index (χ2n) is 10.1. The standard InChI is InChI=1S/C27H30F4N2O/c28-21-11-7-19(8-12-21)23-17-32-25(34)26(23)13-15-33(16-14-26)24-4-2-1-3-22(24)18-5-9-20(10-6-18)27(29,30)31/h5-12,22-24H,1-4,13-17H2,(H,32,34)/t22?,23-,24?/m1/s1. The molecule has 1 amide bonds. The van der Waals surface area contributed by atoms with Gasteiger partial charge in [0.25, 0.3) is 0 Å². The smallest absolute Gasteiger partial charge is 0.355 e. The van der Waals surface area contributed by atoms with Gasteiger partial charge in [0.05, 0.1) is 11.0 Å².